The third-order valence-electron chi connectivity index (χ3n) is 6.13. The molecule has 0 spiro atoms. The van der Waals surface area contributed by atoms with Crippen LogP contribution >= 0.6 is 23.2 Å². The van der Waals surface area contributed by atoms with Gasteiger partial charge in [0.05, 0.1) is 0 Å². The summed E-state index contributed by atoms with van der Waals surface area (Å²) in [6, 6.07) is 12.3. The van der Waals surface area contributed by atoms with Crippen molar-refractivity contribution in [3.05, 3.63) is 63.6 Å². The Morgan fingerprint density at radius 1 is 1.06 bits per heavy atom. The first kappa shape index (κ1) is 25.4. The molecule has 1 atom stereocenters. The molecular weight excluding hydrogens is 459 g/mol. The summed E-state index contributed by atoms with van der Waals surface area (Å²) < 4.78 is 5.76. The van der Waals surface area contributed by atoms with Crippen molar-refractivity contribution in [2.24, 2.45) is 0 Å². The van der Waals surface area contributed by atoms with E-state index in [1.54, 1.807) is 25.1 Å². The minimum absolute atomic E-state index is 0.165. The van der Waals surface area contributed by atoms with Crippen molar-refractivity contribution in [3.8, 4) is 5.75 Å². The maximum atomic E-state index is 13.2. The molecule has 5 nitrogen and oxygen atoms in total. The molecule has 33 heavy (non-hydrogen) atoms. The Balaban J connectivity index is 1.72. The molecule has 0 aliphatic heterocycles. The summed E-state index contributed by atoms with van der Waals surface area (Å²) in [4.78, 5) is 27.7. The number of rotatable bonds is 9. The van der Waals surface area contributed by atoms with Gasteiger partial charge in [0.1, 0.15) is 11.8 Å². The molecule has 1 aliphatic rings. The van der Waals surface area contributed by atoms with Crippen molar-refractivity contribution in [3.63, 3.8) is 0 Å². The minimum Gasteiger partial charge on any atom is -0.484 e. The van der Waals surface area contributed by atoms with Crippen LogP contribution in [0.5, 0.6) is 5.75 Å². The van der Waals surface area contributed by atoms with Crippen molar-refractivity contribution in [1.29, 1.82) is 0 Å². The first-order chi connectivity index (χ1) is 15.7. The second-order valence-corrected chi connectivity index (χ2v) is 9.78. The fourth-order valence-corrected chi connectivity index (χ4v) is 4.45. The van der Waals surface area contributed by atoms with Gasteiger partial charge < -0.3 is 15.0 Å². The Hall–Kier alpha value is -2.24. The highest BCUT2D eigenvalue weighted by Gasteiger charge is 2.29. The fraction of sp³-hybridized carbons (Fsp3) is 0.462. The summed E-state index contributed by atoms with van der Waals surface area (Å²) in [6.45, 7) is 5.99. The van der Waals surface area contributed by atoms with E-state index in [0.717, 1.165) is 31.2 Å². The second-order valence-electron chi connectivity index (χ2n) is 8.94. The van der Waals surface area contributed by atoms with E-state index in [2.05, 4.69) is 19.2 Å². The molecule has 0 aromatic heterocycles. The molecule has 1 saturated carbocycles. The van der Waals surface area contributed by atoms with Crippen LogP contribution in [-0.2, 0) is 16.1 Å². The van der Waals surface area contributed by atoms with Crippen LogP contribution in [-0.4, -0.2) is 35.4 Å². The van der Waals surface area contributed by atoms with Crippen LogP contribution in [0.15, 0.2) is 42.5 Å². The van der Waals surface area contributed by atoms with Gasteiger partial charge in [-0.2, -0.15) is 0 Å². The number of nitrogens with zero attached hydrogens (tertiary/aromatic N) is 1. The van der Waals surface area contributed by atoms with Gasteiger partial charge in [-0.25, -0.2) is 0 Å². The highest BCUT2D eigenvalue weighted by Crippen LogP contribution is 2.24. The number of hydrogen-bond donors (Lipinski definition) is 1. The monoisotopic (exact) mass is 490 g/mol. The lowest BCUT2D eigenvalue weighted by Gasteiger charge is -2.30. The van der Waals surface area contributed by atoms with Gasteiger partial charge in [0.15, 0.2) is 6.61 Å². The Morgan fingerprint density at radius 2 is 1.73 bits per heavy atom. The zero-order valence-corrected chi connectivity index (χ0v) is 21.0. The SMILES string of the molecule is CC(C)c1ccc(OCC(=O)N(Cc2ccc(Cl)cc2Cl)[C@H](C)C(=O)NC2CCCC2)cc1. The van der Waals surface area contributed by atoms with Crippen molar-refractivity contribution < 1.29 is 14.3 Å². The van der Waals surface area contributed by atoms with Crippen LogP contribution in [0.25, 0.3) is 0 Å². The summed E-state index contributed by atoms with van der Waals surface area (Å²) in [7, 11) is 0. The maximum absolute atomic E-state index is 13.2. The molecular formula is C26H32Cl2N2O3. The predicted octanol–water partition coefficient (Wildman–Crippen LogP) is 5.97. The molecule has 1 fully saturated rings. The van der Waals surface area contributed by atoms with Gasteiger partial charge in [-0.15, -0.1) is 0 Å². The highest BCUT2D eigenvalue weighted by molar-refractivity contribution is 6.35. The van der Waals surface area contributed by atoms with Crippen molar-refractivity contribution in [2.75, 3.05) is 6.61 Å². The third kappa shape index (κ3) is 7.12. The number of nitrogens with one attached hydrogen (secondary N) is 1. The largest absolute Gasteiger partial charge is 0.484 e. The van der Waals surface area contributed by atoms with E-state index in [4.69, 9.17) is 27.9 Å². The number of halogens is 2. The Morgan fingerprint density at radius 3 is 2.33 bits per heavy atom. The lowest BCUT2D eigenvalue weighted by Crippen LogP contribution is -2.50. The third-order valence-corrected chi connectivity index (χ3v) is 6.72. The fourth-order valence-electron chi connectivity index (χ4n) is 3.98. The topological polar surface area (TPSA) is 58.6 Å². The number of benzene rings is 2. The van der Waals surface area contributed by atoms with E-state index in [1.165, 1.54) is 10.5 Å². The van der Waals surface area contributed by atoms with Crippen LogP contribution in [0, 0.1) is 0 Å². The van der Waals surface area contributed by atoms with E-state index >= 15 is 0 Å². The summed E-state index contributed by atoms with van der Waals surface area (Å²) in [5, 5.41) is 4.05. The van der Waals surface area contributed by atoms with Crippen molar-refractivity contribution >= 4 is 35.0 Å². The zero-order chi connectivity index (χ0) is 24.0. The van der Waals surface area contributed by atoms with E-state index in [9.17, 15) is 9.59 Å². The molecule has 3 rings (SSSR count). The van der Waals surface area contributed by atoms with Crippen LogP contribution in [0.3, 0.4) is 0 Å². The van der Waals surface area contributed by atoms with Crippen LogP contribution in [0.4, 0.5) is 0 Å². The van der Waals surface area contributed by atoms with Gasteiger partial charge in [-0.05, 0) is 61.1 Å². The number of ether oxygens (including phenoxy) is 1. The van der Waals surface area contributed by atoms with E-state index < -0.39 is 6.04 Å². The summed E-state index contributed by atoms with van der Waals surface area (Å²) >= 11 is 12.4. The Bertz CT molecular complexity index is 957. The number of carbonyl (C=O) groups is 2. The molecule has 1 aliphatic carbocycles. The molecule has 7 heteroatoms. The molecule has 2 amide bonds. The van der Waals surface area contributed by atoms with Gasteiger partial charge in [0.25, 0.3) is 5.91 Å². The number of carbonyl (C=O) groups excluding carboxylic acids is 2. The van der Waals surface area contributed by atoms with Gasteiger partial charge in [-0.1, -0.05) is 68.1 Å². The normalized spacial score (nSPS) is 14.8. The lowest BCUT2D eigenvalue weighted by atomic mass is 10.0. The quantitative estimate of drug-likeness (QED) is 0.470. The van der Waals surface area contributed by atoms with Gasteiger partial charge >= 0.3 is 0 Å². The van der Waals surface area contributed by atoms with E-state index in [1.807, 2.05) is 24.3 Å². The standard InChI is InChI=1S/C26H32Cl2N2O3/c1-17(2)19-9-12-23(13-10-19)33-16-25(31)30(15-20-8-11-21(27)14-24(20)28)18(3)26(32)29-22-6-4-5-7-22/h8-14,17-18,22H,4-7,15-16H2,1-3H3,(H,29,32)/t18-/m1/s1. The molecule has 0 bridgehead atoms. The highest BCUT2D eigenvalue weighted by atomic mass is 35.5. The average Bonchev–Trinajstić information content (AvgIpc) is 3.30. The smallest absolute Gasteiger partial charge is 0.261 e. The second kappa shape index (κ2) is 11.8. The number of hydrogen-bond acceptors (Lipinski definition) is 3. The minimum atomic E-state index is -0.670. The molecule has 2 aromatic carbocycles. The predicted molar refractivity (Wildman–Crippen MR) is 133 cm³/mol. The van der Waals surface area contributed by atoms with E-state index in [-0.39, 0.29) is 31.0 Å². The van der Waals surface area contributed by atoms with E-state index in [0.29, 0.717) is 21.7 Å². The van der Waals surface area contributed by atoms with Crippen LogP contribution < -0.4 is 10.1 Å². The average molecular weight is 491 g/mol. The van der Waals surface area contributed by atoms with Crippen molar-refractivity contribution in [1.82, 2.24) is 10.2 Å². The molecule has 178 valence electrons. The first-order valence-electron chi connectivity index (χ1n) is 11.5. The lowest BCUT2D eigenvalue weighted by molar-refractivity contribution is -0.142. The molecule has 0 radical (unpaired) electrons. The van der Waals surface area contributed by atoms with Crippen LogP contribution in [0.1, 0.15) is 63.5 Å². The summed E-state index contributed by atoms with van der Waals surface area (Å²) in [6.07, 6.45) is 4.19. The molecule has 2 aromatic rings. The molecule has 0 heterocycles. The van der Waals surface area contributed by atoms with Gasteiger partial charge in [-0.3, -0.25) is 9.59 Å². The zero-order valence-electron chi connectivity index (χ0n) is 19.4. The van der Waals surface area contributed by atoms with Gasteiger partial charge in [0, 0.05) is 22.6 Å². The van der Waals surface area contributed by atoms with Crippen LogP contribution in [0.2, 0.25) is 10.0 Å². The molecule has 0 unspecified atom stereocenters. The molecule has 0 saturated heterocycles. The Kier molecular flexibility index (Phi) is 9.04. The molecule has 1 N–H and O–H groups in total. The first-order valence-corrected chi connectivity index (χ1v) is 12.3. The van der Waals surface area contributed by atoms with Gasteiger partial charge in [0.2, 0.25) is 5.91 Å². The maximum Gasteiger partial charge on any atom is 0.261 e. The summed E-state index contributed by atoms with van der Waals surface area (Å²) in [5.41, 5.74) is 1.92. The Labute approximate surface area is 206 Å². The van der Waals surface area contributed by atoms with Crippen molar-refractivity contribution in [2.45, 2.75) is 71.0 Å². The number of amides is 2. The summed E-state index contributed by atoms with van der Waals surface area (Å²) in [5.74, 6) is 0.574.